The quantitative estimate of drug-likeness (QED) is 0.639. The highest BCUT2D eigenvalue weighted by Crippen LogP contribution is 2.34. The molecule has 1 aliphatic heterocycles. The van der Waals surface area contributed by atoms with Gasteiger partial charge in [0.15, 0.2) is 5.13 Å². The lowest BCUT2D eigenvalue weighted by Crippen LogP contribution is -2.24. The number of nitrogens with zero attached hydrogens (tertiary/aromatic N) is 3. The molecule has 136 valence electrons. The topological polar surface area (TPSA) is 58.1 Å². The van der Waals surface area contributed by atoms with E-state index in [0.29, 0.717) is 13.0 Å². The molecule has 1 aromatic carbocycles. The summed E-state index contributed by atoms with van der Waals surface area (Å²) in [6.45, 7) is 5.16. The minimum atomic E-state index is 0.151. The molecule has 3 aromatic rings. The molecule has 0 aliphatic carbocycles. The Morgan fingerprint density at radius 2 is 2.07 bits per heavy atom. The van der Waals surface area contributed by atoms with E-state index in [1.54, 1.807) is 16.2 Å². The van der Waals surface area contributed by atoms with Crippen LogP contribution in [0.4, 0.5) is 10.9 Å². The van der Waals surface area contributed by atoms with Gasteiger partial charge in [-0.3, -0.25) is 9.69 Å². The maximum Gasteiger partial charge on any atom is 0.228 e. The largest absolute Gasteiger partial charge is 0.358 e. The second kappa shape index (κ2) is 7.72. The number of pyridine rings is 1. The second-order valence-electron chi connectivity index (χ2n) is 6.31. The average molecular weight is 376 g/mol. The third-order valence-electron chi connectivity index (χ3n) is 4.51. The third-order valence-corrected chi connectivity index (χ3v) is 5.31. The van der Waals surface area contributed by atoms with Crippen LogP contribution in [0, 0.1) is 0 Å². The number of thiazole rings is 1. The fourth-order valence-corrected chi connectivity index (χ4v) is 3.91. The first-order valence-electron chi connectivity index (χ1n) is 8.93. The Morgan fingerprint density at radius 1 is 1.22 bits per heavy atom. The first-order valence-corrected chi connectivity index (χ1v) is 9.81. The molecule has 1 N–H and O–H groups in total. The van der Waals surface area contributed by atoms with E-state index in [2.05, 4.69) is 39.4 Å². The van der Waals surface area contributed by atoms with Crippen molar-refractivity contribution in [2.75, 3.05) is 23.3 Å². The number of amides is 1. The van der Waals surface area contributed by atoms with Crippen LogP contribution in [0.25, 0.3) is 22.4 Å². The molecule has 0 spiro atoms. The molecule has 0 radical (unpaired) electrons. The Balaban J connectivity index is 1.63. The van der Waals surface area contributed by atoms with Crippen LogP contribution in [0.1, 0.15) is 12.8 Å². The number of nitrogens with one attached hydrogen (secondary N) is 1. The summed E-state index contributed by atoms with van der Waals surface area (Å²) < 4.78 is 0. The van der Waals surface area contributed by atoms with Crippen molar-refractivity contribution in [2.45, 2.75) is 12.8 Å². The number of benzene rings is 1. The van der Waals surface area contributed by atoms with E-state index >= 15 is 0 Å². The lowest BCUT2D eigenvalue weighted by molar-refractivity contribution is -0.117. The molecule has 1 saturated heterocycles. The second-order valence-corrected chi connectivity index (χ2v) is 7.17. The van der Waals surface area contributed by atoms with Crippen LogP contribution in [0.5, 0.6) is 0 Å². The molecule has 27 heavy (non-hydrogen) atoms. The summed E-state index contributed by atoms with van der Waals surface area (Å²) in [6.07, 6.45) is 5.16. The van der Waals surface area contributed by atoms with Gasteiger partial charge in [-0.15, -0.1) is 17.9 Å². The highest BCUT2D eigenvalue weighted by atomic mass is 32.1. The molecule has 1 amide bonds. The van der Waals surface area contributed by atoms with Gasteiger partial charge >= 0.3 is 0 Å². The van der Waals surface area contributed by atoms with Crippen molar-refractivity contribution in [1.82, 2.24) is 9.97 Å². The van der Waals surface area contributed by atoms with E-state index in [-0.39, 0.29) is 5.91 Å². The summed E-state index contributed by atoms with van der Waals surface area (Å²) >= 11 is 1.58. The van der Waals surface area contributed by atoms with E-state index in [1.807, 2.05) is 36.5 Å². The minimum absolute atomic E-state index is 0.151. The first-order chi connectivity index (χ1) is 13.3. The molecule has 5 nitrogen and oxygen atoms in total. The normalized spacial score (nSPS) is 13.8. The Hall–Kier alpha value is -2.99. The van der Waals surface area contributed by atoms with E-state index in [9.17, 15) is 4.79 Å². The van der Waals surface area contributed by atoms with Crippen LogP contribution < -0.4 is 10.2 Å². The van der Waals surface area contributed by atoms with Gasteiger partial charge in [0, 0.05) is 42.2 Å². The maximum absolute atomic E-state index is 11.9. The number of anilines is 2. The van der Waals surface area contributed by atoms with Crippen molar-refractivity contribution in [3.8, 4) is 22.4 Å². The summed E-state index contributed by atoms with van der Waals surface area (Å²) in [4.78, 5) is 22.9. The summed E-state index contributed by atoms with van der Waals surface area (Å²) in [7, 11) is 0. The number of carbonyl (C=O) groups excluding carboxylic acids is 1. The van der Waals surface area contributed by atoms with Crippen LogP contribution in [0.15, 0.2) is 60.6 Å². The first kappa shape index (κ1) is 17.4. The molecule has 0 bridgehead atoms. The number of aromatic nitrogens is 2. The van der Waals surface area contributed by atoms with E-state index in [1.165, 1.54) is 0 Å². The molecule has 0 atom stereocenters. The van der Waals surface area contributed by atoms with Gasteiger partial charge in [0.2, 0.25) is 5.91 Å². The zero-order valence-corrected chi connectivity index (χ0v) is 15.7. The predicted octanol–water partition coefficient (Wildman–Crippen LogP) is 4.60. The molecule has 6 heteroatoms. The van der Waals surface area contributed by atoms with Crippen molar-refractivity contribution in [3.63, 3.8) is 0 Å². The number of carbonyl (C=O) groups is 1. The predicted molar refractivity (Wildman–Crippen MR) is 111 cm³/mol. The van der Waals surface area contributed by atoms with Gasteiger partial charge in [0.25, 0.3) is 0 Å². The molecule has 0 unspecified atom stereocenters. The highest BCUT2D eigenvalue weighted by molar-refractivity contribution is 7.14. The van der Waals surface area contributed by atoms with Crippen LogP contribution in [-0.4, -0.2) is 29.0 Å². The van der Waals surface area contributed by atoms with Gasteiger partial charge in [0.05, 0.1) is 5.69 Å². The lowest BCUT2D eigenvalue weighted by Gasteiger charge is -2.15. The van der Waals surface area contributed by atoms with Gasteiger partial charge in [-0.2, -0.15) is 0 Å². The summed E-state index contributed by atoms with van der Waals surface area (Å²) in [6, 6.07) is 12.1. The molecular formula is C21H20N4OS. The van der Waals surface area contributed by atoms with E-state index in [0.717, 1.165) is 46.3 Å². The Labute approximate surface area is 162 Å². The van der Waals surface area contributed by atoms with Crippen molar-refractivity contribution < 1.29 is 4.79 Å². The van der Waals surface area contributed by atoms with E-state index in [4.69, 9.17) is 0 Å². The molecule has 3 heterocycles. The van der Waals surface area contributed by atoms with Gasteiger partial charge in [-0.05, 0) is 24.1 Å². The van der Waals surface area contributed by atoms with Gasteiger partial charge < -0.3 is 5.32 Å². The standard InChI is InChI=1S/C21H20N4OS/c1-2-11-22-21-24-18(14-27-21)17-7-4-3-6-16(17)15-9-10-19(23-13-15)25-12-5-8-20(25)26/h2-4,6-7,9-10,13-14H,1,5,8,11-12H2,(H,22,24). The summed E-state index contributed by atoms with van der Waals surface area (Å²) in [5.41, 5.74) is 4.08. The molecule has 0 saturated carbocycles. The van der Waals surface area contributed by atoms with Crippen LogP contribution in [0.3, 0.4) is 0 Å². The fraction of sp³-hybridized carbons (Fsp3) is 0.190. The molecule has 4 rings (SSSR count). The van der Waals surface area contributed by atoms with Gasteiger partial charge in [-0.1, -0.05) is 30.3 Å². The molecule has 1 aliphatic rings. The van der Waals surface area contributed by atoms with Crippen LogP contribution in [0.2, 0.25) is 0 Å². The van der Waals surface area contributed by atoms with Crippen molar-refractivity contribution >= 4 is 28.2 Å². The third kappa shape index (κ3) is 3.61. The van der Waals surface area contributed by atoms with Gasteiger partial charge in [-0.25, -0.2) is 9.97 Å². The molecule has 1 fully saturated rings. The Bertz CT molecular complexity index is 964. The molecular weight excluding hydrogens is 356 g/mol. The van der Waals surface area contributed by atoms with Crippen molar-refractivity contribution in [3.05, 3.63) is 60.6 Å². The number of hydrogen-bond donors (Lipinski definition) is 1. The van der Waals surface area contributed by atoms with Crippen LogP contribution in [-0.2, 0) is 4.79 Å². The fourth-order valence-electron chi connectivity index (χ4n) is 3.19. The SMILES string of the molecule is C=CCNc1nc(-c2ccccc2-c2ccc(N3CCCC3=O)nc2)cs1. The highest BCUT2D eigenvalue weighted by Gasteiger charge is 2.22. The Kier molecular flexibility index (Phi) is 4.98. The van der Waals surface area contributed by atoms with E-state index < -0.39 is 0 Å². The lowest BCUT2D eigenvalue weighted by atomic mass is 9.99. The number of hydrogen-bond acceptors (Lipinski definition) is 5. The smallest absolute Gasteiger partial charge is 0.228 e. The average Bonchev–Trinajstić information content (AvgIpc) is 3.35. The number of rotatable bonds is 6. The van der Waals surface area contributed by atoms with Crippen molar-refractivity contribution in [2.24, 2.45) is 0 Å². The minimum Gasteiger partial charge on any atom is -0.358 e. The maximum atomic E-state index is 11.9. The summed E-state index contributed by atoms with van der Waals surface area (Å²) in [5.74, 6) is 0.876. The van der Waals surface area contributed by atoms with Crippen LogP contribution >= 0.6 is 11.3 Å². The molecule has 2 aromatic heterocycles. The van der Waals surface area contributed by atoms with Gasteiger partial charge in [0.1, 0.15) is 5.82 Å². The monoisotopic (exact) mass is 376 g/mol. The zero-order chi connectivity index (χ0) is 18.6. The van der Waals surface area contributed by atoms with Crippen molar-refractivity contribution in [1.29, 1.82) is 0 Å². The Morgan fingerprint density at radius 3 is 2.78 bits per heavy atom. The summed E-state index contributed by atoms with van der Waals surface area (Å²) in [5, 5.41) is 6.15. The zero-order valence-electron chi connectivity index (χ0n) is 14.9.